The first-order chi connectivity index (χ1) is 13.1. The van der Waals surface area contributed by atoms with Crippen LogP contribution in [0.4, 0.5) is 17.2 Å². The number of anilines is 3. The fourth-order valence-electron chi connectivity index (χ4n) is 2.45. The molecule has 0 unspecified atom stereocenters. The molecule has 1 aromatic heterocycles. The van der Waals surface area contributed by atoms with Gasteiger partial charge in [0.25, 0.3) is 5.91 Å². The molecule has 0 spiro atoms. The van der Waals surface area contributed by atoms with Crippen molar-refractivity contribution in [2.45, 2.75) is 0 Å². The molecule has 138 valence electrons. The van der Waals surface area contributed by atoms with Gasteiger partial charge in [-0.05, 0) is 36.4 Å². The summed E-state index contributed by atoms with van der Waals surface area (Å²) in [6.07, 6.45) is 1.62. The number of benzene rings is 2. The van der Waals surface area contributed by atoms with Crippen molar-refractivity contribution >= 4 is 34.7 Å². The highest BCUT2D eigenvalue weighted by atomic mass is 35.5. The molecule has 0 saturated heterocycles. The van der Waals surface area contributed by atoms with E-state index in [1.54, 1.807) is 50.7 Å². The van der Waals surface area contributed by atoms with Crippen LogP contribution >= 0.6 is 11.6 Å². The average Bonchev–Trinajstić information content (AvgIpc) is 2.69. The van der Waals surface area contributed by atoms with Crippen molar-refractivity contribution in [3.05, 3.63) is 71.4 Å². The van der Waals surface area contributed by atoms with Gasteiger partial charge in [-0.25, -0.2) is 4.98 Å². The lowest BCUT2D eigenvalue weighted by molar-refractivity contribution is 0.102. The summed E-state index contributed by atoms with van der Waals surface area (Å²) >= 11 is 6.04. The Morgan fingerprint density at radius 3 is 2.37 bits per heavy atom. The van der Waals surface area contributed by atoms with Crippen molar-refractivity contribution < 1.29 is 14.3 Å². The molecule has 1 amide bonds. The molecule has 2 aromatic carbocycles. The second kappa shape index (κ2) is 8.42. The van der Waals surface area contributed by atoms with Gasteiger partial charge in [0, 0.05) is 11.8 Å². The van der Waals surface area contributed by atoms with E-state index in [1.807, 2.05) is 24.3 Å². The largest absolute Gasteiger partial charge is 0.493 e. The number of rotatable bonds is 6. The Morgan fingerprint density at radius 2 is 1.70 bits per heavy atom. The topological polar surface area (TPSA) is 72.5 Å². The van der Waals surface area contributed by atoms with Gasteiger partial charge < -0.3 is 20.1 Å². The molecule has 0 aliphatic heterocycles. The fourth-order valence-corrected chi connectivity index (χ4v) is 2.67. The lowest BCUT2D eigenvalue weighted by atomic mass is 10.2. The maximum absolute atomic E-state index is 12.3. The van der Waals surface area contributed by atoms with Gasteiger partial charge in [-0.3, -0.25) is 4.79 Å². The van der Waals surface area contributed by atoms with Crippen LogP contribution in [0.2, 0.25) is 5.02 Å². The summed E-state index contributed by atoms with van der Waals surface area (Å²) in [6.45, 7) is 0. The highest BCUT2D eigenvalue weighted by Gasteiger charge is 2.10. The van der Waals surface area contributed by atoms with Crippen LogP contribution in [0.15, 0.2) is 60.8 Å². The Balaban J connectivity index is 1.69. The molecule has 0 aliphatic carbocycles. The Morgan fingerprint density at radius 1 is 0.963 bits per heavy atom. The minimum atomic E-state index is -0.311. The van der Waals surface area contributed by atoms with Gasteiger partial charge in [0.05, 0.1) is 36.7 Å². The zero-order valence-electron chi connectivity index (χ0n) is 14.8. The maximum atomic E-state index is 12.3. The third-order valence-corrected chi connectivity index (χ3v) is 4.13. The van der Waals surface area contributed by atoms with Gasteiger partial charge in [-0.2, -0.15) is 0 Å². The number of aromatic nitrogens is 1. The van der Waals surface area contributed by atoms with Gasteiger partial charge in [0.2, 0.25) is 0 Å². The van der Waals surface area contributed by atoms with Crippen LogP contribution in [-0.2, 0) is 0 Å². The minimum Gasteiger partial charge on any atom is -0.493 e. The van der Waals surface area contributed by atoms with Crippen molar-refractivity contribution in [1.82, 2.24) is 4.98 Å². The van der Waals surface area contributed by atoms with E-state index in [0.29, 0.717) is 27.9 Å². The van der Waals surface area contributed by atoms with Crippen LogP contribution in [0.1, 0.15) is 10.4 Å². The molecule has 27 heavy (non-hydrogen) atoms. The van der Waals surface area contributed by atoms with Crippen LogP contribution in [0, 0.1) is 0 Å². The molecule has 3 aromatic rings. The Labute approximate surface area is 162 Å². The van der Waals surface area contributed by atoms with Crippen molar-refractivity contribution in [2.75, 3.05) is 24.9 Å². The number of methoxy groups -OCH3 is 2. The van der Waals surface area contributed by atoms with E-state index < -0.39 is 0 Å². The van der Waals surface area contributed by atoms with Crippen molar-refractivity contribution in [2.24, 2.45) is 0 Å². The third kappa shape index (κ3) is 4.48. The molecule has 7 heteroatoms. The lowest BCUT2D eigenvalue weighted by Gasteiger charge is -2.11. The van der Waals surface area contributed by atoms with Crippen LogP contribution in [-0.4, -0.2) is 25.1 Å². The Hall–Kier alpha value is -3.25. The highest BCUT2D eigenvalue weighted by Crippen LogP contribution is 2.31. The van der Waals surface area contributed by atoms with Gasteiger partial charge in [0.15, 0.2) is 11.5 Å². The van der Waals surface area contributed by atoms with E-state index in [2.05, 4.69) is 15.6 Å². The third-order valence-electron chi connectivity index (χ3n) is 3.80. The minimum absolute atomic E-state index is 0.311. The molecule has 0 radical (unpaired) electrons. The second-order valence-electron chi connectivity index (χ2n) is 5.56. The Kier molecular flexibility index (Phi) is 5.78. The monoisotopic (exact) mass is 383 g/mol. The summed E-state index contributed by atoms with van der Waals surface area (Å²) in [5, 5.41) is 6.33. The number of pyridine rings is 1. The normalized spacial score (nSPS) is 10.2. The summed E-state index contributed by atoms with van der Waals surface area (Å²) in [5.74, 6) is 1.39. The van der Waals surface area contributed by atoms with Gasteiger partial charge in [-0.15, -0.1) is 0 Å². The molecule has 0 saturated carbocycles. The van der Waals surface area contributed by atoms with E-state index in [9.17, 15) is 4.79 Å². The molecule has 6 nitrogen and oxygen atoms in total. The van der Waals surface area contributed by atoms with Gasteiger partial charge in [0.1, 0.15) is 5.82 Å². The number of carbonyl (C=O) groups is 1. The number of hydrogen-bond donors (Lipinski definition) is 2. The molecule has 1 heterocycles. The standard InChI is InChI=1S/C20H18ClN3O3/c1-26-17-9-7-13(11-18(17)27-2)23-14-8-10-19(22-12-14)24-20(25)15-5-3-4-6-16(15)21/h3-12,23H,1-2H3,(H,22,24,25). The van der Waals surface area contributed by atoms with Crippen molar-refractivity contribution in [3.63, 3.8) is 0 Å². The molecule has 2 N–H and O–H groups in total. The van der Waals surface area contributed by atoms with Crippen LogP contribution < -0.4 is 20.1 Å². The average molecular weight is 384 g/mol. The number of ether oxygens (including phenoxy) is 2. The first-order valence-corrected chi connectivity index (χ1v) is 8.49. The molecule has 0 fully saturated rings. The van der Waals surface area contributed by atoms with Gasteiger partial charge in [-0.1, -0.05) is 23.7 Å². The number of nitrogens with one attached hydrogen (secondary N) is 2. The number of halogens is 1. The van der Waals surface area contributed by atoms with E-state index >= 15 is 0 Å². The Bertz CT molecular complexity index is 945. The van der Waals surface area contributed by atoms with E-state index in [1.165, 1.54) is 0 Å². The number of amides is 1. The summed E-state index contributed by atoms with van der Waals surface area (Å²) in [7, 11) is 3.17. The SMILES string of the molecule is COc1ccc(Nc2ccc(NC(=O)c3ccccc3Cl)nc2)cc1OC. The number of nitrogens with zero attached hydrogens (tertiary/aromatic N) is 1. The van der Waals surface area contributed by atoms with E-state index in [0.717, 1.165) is 11.4 Å². The summed E-state index contributed by atoms with van der Waals surface area (Å²) < 4.78 is 10.5. The highest BCUT2D eigenvalue weighted by molar-refractivity contribution is 6.34. The van der Waals surface area contributed by atoms with E-state index in [-0.39, 0.29) is 5.91 Å². The fraction of sp³-hybridized carbons (Fsp3) is 0.100. The van der Waals surface area contributed by atoms with Crippen LogP contribution in [0.3, 0.4) is 0 Å². The maximum Gasteiger partial charge on any atom is 0.258 e. The molecule has 0 atom stereocenters. The zero-order chi connectivity index (χ0) is 19.2. The quantitative estimate of drug-likeness (QED) is 0.642. The van der Waals surface area contributed by atoms with Crippen molar-refractivity contribution in [1.29, 1.82) is 0 Å². The number of hydrogen-bond acceptors (Lipinski definition) is 5. The van der Waals surface area contributed by atoms with E-state index in [4.69, 9.17) is 21.1 Å². The summed E-state index contributed by atoms with van der Waals surface area (Å²) in [6, 6.07) is 15.9. The molecule has 0 aliphatic rings. The first kappa shape index (κ1) is 18.5. The smallest absolute Gasteiger partial charge is 0.258 e. The van der Waals surface area contributed by atoms with Crippen LogP contribution in [0.25, 0.3) is 0 Å². The molecular weight excluding hydrogens is 366 g/mol. The number of carbonyl (C=O) groups excluding carboxylic acids is 1. The summed E-state index contributed by atoms with van der Waals surface area (Å²) in [4.78, 5) is 16.5. The molecular formula is C20H18ClN3O3. The molecule has 0 bridgehead atoms. The van der Waals surface area contributed by atoms with Crippen LogP contribution in [0.5, 0.6) is 11.5 Å². The summed E-state index contributed by atoms with van der Waals surface area (Å²) in [5.41, 5.74) is 1.98. The van der Waals surface area contributed by atoms with Crippen molar-refractivity contribution in [3.8, 4) is 11.5 Å². The van der Waals surface area contributed by atoms with Gasteiger partial charge >= 0.3 is 0 Å². The second-order valence-corrected chi connectivity index (χ2v) is 5.97. The molecule has 3 rings (SSSR count). The first-order valence-electron chi connectivity index (χ1n) is 8.11. The predicted molar refractivity (Wildman–Crippen MR) is 106 cm³/mol. The predicted octanol–water partition coefficient (Wildman–Crippen LogP) is 4.75. The zero-order valence-corrected chi connectivity index (χ0v) is 15.6. The lowest BCUT2D eigenvalue weighted by Crippen LogP contribution is -2.13.